The van der Waals surface area contributed by atoms with Crippen molar-refractivity contribution < 1.29 is 9.84 Å². The lowest BCUT2D eigenvalue weighted by Gasteiger charge is -2.26. The van der Waals surface area contributed by atoms with E-state index in [1.807, 2.05) is 26.0 Å². The molecule has 0 amide bonds. The van der Waals surface area contributed by atoms with Crippen molar-refractivity contribution in [2.24, 2.45) is 0 Å². The van der Waals surface area contributed by atoms with Gasteiger partial charge in [-0.25, -0.2) is 4.98 Å². The number of aliphatic hydroxyl groups excluding tert-OH is 1. The minimum Gasteiger partial charge on any atom is -0.491 e. The molecule has 1 saturated carbocycles. The monoisotopic (exact) mass is 416 g/mol. The van der Waals surface area contributed by atoms with Crippen molar-refractivity contribution in [2.45, 2.75) is 57.8 Å². The smallest absolute Gasteiger partial charge is 0.231 e. The van der Waals surface area contributed by atoms with Gasteiger partial charge in [0.2, 0.25) is 5.95 Å². The van der Waals surface area contributed by atoms with E-state index in [4.69, 9.17) is 16.3 Å². The SMILES string of the molecule is CC(C)Oc1ccc(Nc2nc(N[C@H]3CC[C@H](O)CC3)c3nc[nH]c3n2)c(Cl)c1. The van der Waals surface area contributed by atoms with Crippen LogP contribution in [0.3, 0.4) is 0 Å². The van der Waals surface area contributed by atoms with E-state index >= 15 is 0 Å². The minimum atomic E-state index is -0.203. The van der Waals surface area contributed by atoms with Crippen LogP contribution in [0.2, 0.25) is 5.02 Å². The van der Waals surface area contributed by atoms with Gasteiger partial charge in [-0.1, -0.05) is 11.6 Å². The minimum absolute atomic E-state index is 0.0746. The number of hydrogen-bond donors (Lipinski definition) is 4. The van der Waals surface area contributed by atoms with Crippen molar-refractivity contribution in [3.63, 3.8) is 0 Å². The lowest BCUT2D eigenvalue weighted by Crippen LogP contribution is -2.28. The molecule has 0 saturated heterocycles. The van der Waals surface area contributed by atoms with Gasteiger partial charge in [-0.15, -0.1) is 0 Å². The van der Waals surface area contributed by atoms with Crippen LogP contribution in [0.15, 0.2) is 24.5 Å². The fraction of sp³-hybridized carbons (Fsp3) is 0.450. The fourth-order valence-corrected chi connectivity index (χ4v) is 3.69. The molecule has 4 N–H and O–H groups in total. The van der Waals surface area contributed by atoms with Crippen LogP contribution in [0, 0.1) is 0 Å². The molecule has 8 nitrogen and oxygen atoms in total. The molecule has 4 rings (SSSR count). The molecule has 154 valence electrons. The summed E-state index contributed by atoms with van der Waals surface area (Å²) in [5.74, 6) is 1.79. The zero-order valence-electron chi connectivity index (χ0n) is 16.4. The fourth-order valence-electron chi connectivity index (χ4n) is 3.47. The Morgan fingerprint density at radius 3 is 2.72 bits per heavy atom. The highest BCUT2D eigenvalue weighted by atomic mass is 35.5. The number of anilines is 3. The predicted octanol–water partition coefficient (Wildman–Crippen LogP) is 4.25. The van der Waals surface area contributed by atoms with Crippen molar-refractivity contribution in [2.75, 3.05) is 10.6 Å². The molecule has 9 heteroatoms. The quantitative estimate of drug-likeness (QED) is 0.475. The van der Waals surface area contributed by atoms with Gasteiger partial charge in [0.1, 0.15) is 11.3 Å². The summed E-state index contributed by atoms with van der Waals surface area (Å²) in [7, 11) is 0. The third-order valence-corrected chi connectivity index (χ3v) is 5.19. The Kier molecular flexibility index (Phi) is 5.73. The number of fused-ring (bicyclic) bond motifs is 1. The number of imidazole rings is 1. The van der Waals surface area contributed by atoms with E-state index in [-0.39, 0.29) is 18.2 Å². The number of rotatable bonds is 6. The second-order valence-electron chi connectivity index (χ2n) is 7.58. The number of halogens is 1. The molecule has 2 aromatic heterocycles. The first kappa shape index (κ1) is 19.7. The van der Waals surface area contributed by atoms with E-state index in [1.54, 1.807) is 12.4 Å². The predicted molar refractivity (Wildman–Crippen MR) is 114 cm³/mol. The highest BCUT2D eigenvalue weighted by molar-refractivity contribution is 6.33. The number of ether oxygens (including phenoxy) is 1. The second-order valence-corrected chi connectivity index (χ2v) is 7.99. The normalized spacial score (nSPS) is 19.5. The molecule has 0 radical (unpaired) electrons. The van der Waals surface area contributed by atoms with Crippen molar-refractivity contribution in [3.05, 3.63) is 29.5 Å². The average molecular weight is 417 g/mol. The second kappa shape index (κ2) is 8.42. The number of hydrogen-bond acceptors (Lipinski definition) is 7. The summed E-state index contributed by atoms with van der Waals surface area (Å²) in [6, 6.07) is 5.72. The molecule has 3 aromatic rings. The summed E-state index contributed by atoms with van der Waals surface area (Å²) in [5.41, 5.74) is 2.01. The molecule has 0 aliphatic heterocycles. The summed E-state index contributed by atoms with van der Waals surface area (Å²) in [4.78, 5) is 16.5. The maximum absolute atomic E-state index is 9.73. The van der Waals surface area contributed by atoms with Crippen molar-refractivity contribution in [3.8, 4) is 5.75 Å². The number of nitrogens with one attached hydrogen (secondary N) is 3. The van der Waals surface area contributed by atoms with E-state index in [9.17, 15) is 5.11 Å². The Morgan fingerprint density at radius 1 is 1.21 bits per heavy atom. The molecule has 0 spiro atoms. The first-order chi connectivity index (χ1) is 14.0. The van der Waals surface area contributed by atoms with E-state index < -0.39 is 0 Å². The number of benzene rings is 1. The van der Waals surface area contributed by atoms with Gasteiger partial charge in [0.15, 0.2) is 11.5 Å². The van der Waals surface area contributed by atoms with Crippen LogP contribution in [0.5, 0.6) is 5.75 Å². The van der Waals surface area contributed by atoms with Crippen LogP contribution in [-0.2, 0) is 0 Å². The van der Waals surface area contributed by atoms with Crippen LogP contribution >= 0.6 is 11.6 Å². The maximum atomic E-state index is 9.73. The molecular weight excluding hydrogens is 392 g/mol. The van der Waals surface area contributed by atoms with Crippen LogP contribution in [0.25, 0.3) is 11.2 Å². The number of H-pyrrole nitrogens is 1. The average Bonchev–Trinajstić information content (AvgIpc) is 3.14. The third kappa shape index (κ3) is 4.71. The summed E-state index contributed by atoms with van der Waals surface area (Å²) < 4.78 is 5.67. The first-order valence-electron chi connectivity index (χ1n) is 9.87. The van der Waals surface area contributed by atoms with Gasteiger partial charge >= 0.3 is 0 Å². The molecule has 1 aliphatic carbocycles. The summed E-state index contributed by atoms with van der Waals surface area (Å²) >= 11 is 6.41. The Balaban J connectivity index is 1.56. The van der Waals surface area contributed by atoms with Gasteiger partial charge in [0, 0.05) is 12.1 Å². The van der Waals surface area contributed by atoms with Crippen LogP contribution in [0.1, 0.15) is 39.5 Å². The van der Waals surface area contributed by atoms with Gasteiger partial charge in [0.05, 0.1) is 29.2 Å². The van der Waals surface area contributed by atoms with Crippen LogP contribution in [0.4, 0.5) is 17.5 Å². The number of aliphatic hydroxyl groups is 1. The maximum Gasteiger partial charge on any atom is 0.231 e. The highest BCUT2D eigenvalue weighted by Crippen LogP contribution is 2.30. The van der Waals surface area contributed by atoms with Crippen molar-refractivity contribution >= 4 is 40.2 Å². The number of aromatic amines is 1. The Morgan fingerprint density at radius 2 is 2.00 bits per heavy atom. The van der Waals surface area contributed by atoms with E-state index in [0.29, 0.717) is 39.4 Å². The zero-order chi connectivity index (χ0) is 20.4. The van der Waals surface area contributed by atoms with Gasteiger partial charge in [-0.05, 0) is 51.7 Å². The molecular formula is C20H25ClN6O2. The lowest BCUT2D eigenvalue weighted by molar-refractivity contribution is 0.126. The summed E-state index contributed by atoms with van der Waals surface area (Å²) in [5, 5.41) is 16.9. The molecule has 29 heavy (non-hydrogen) atoms. The molecule has 1 aliphatic rings. The van der Waals surface area contributed by atoms with E-state index in [1.165, 1.54) is 0 Å². The number of aromatic nitrogens is 4. The van der Waals surface area contributed by atoms with Crippen molar-refractivity contribution in [1.82, 2.24) is 19.9 Å². The lowest BCUT2D eigenvalue weighted by atomic mass is 9.93. The summed E-state index contributed by atoms with van der Waals surface area (Å²) in [6.45, 7) is 3.93. The largest absolute Gasteiger partial charge is 0.491 e. The molecule has 0 bridgehead atoms. The Hall–Kier alpha value is -2.58. The van der Waals surface area contributed by atoms with E-state index in [2.05, 4.69) is 30.6 Å². The van der Waals surface area contributed by atoms with E-state index in [0.717, 1.165) is 25.7 Å². The topological polar surface area (TPSA) is 108 Å². The Bertz CT molecular complexity index is 984. The first-order valence-corrected chi connectivity index (χ1v) is 10.2. The number of nitrogens with zero attached hydrogens (tertiary/aromatic N) is 3. The standard InChI is InChI=1S/C20H25ClN6O2/c1-11(2)29-14-7-8-16(15(21)9-14)25-20-26-18-17(22-10-23-18)19(27-20)24-12-3-5-13(28)6-4-12/h7-13,28H,3-6H2,1-2H3,(H3,22,23,24,25,26,27)/t12-,13-. The molecule has 0 atom stereocenters. The molecule has 2 heterocycles. The van der Waals surface area contributed by atoms with Gasteiger partial charge in [0.25, 0.3) is 0 Å². The molecule has 0 unspecified atom stereocenters. The third-order valence-electron chi connectivity index (χ3n) is 4.88. The van der Waals surface area contributed by atoms with Crippen molar-refractivity contribution in [1.29, 1.82) is 0 Å². The summed E-state index contributed by atoms with van der Waals surface area (Å²) in [6.07, 6.45) is 4.84. The van der Waals surface area contributed by atoms with Crippen LogP contribution in [-0.4, -0.2) is 43.3 Å². The zero-order valence-corrected chi connectivity index (χ0v) is 17.2. The van der Waals surface area contributed by atoms with Gasteiger partial charge in [-0.3, -0.25) is 0 Å². The highest BCUT2D eigenvalue weighted by Gasteiger charge is 2.21. The molecule has 1 aromatic carbocycles. The van der Waals surface area contributed by atoms with Crippen LogP contribution < -0.4 is 15.4 Å². The van der Waals surface area contributed by atoms with Gasteiger partial charge < -0.3 is 25.5 Å². The Labute approximate surface area is 174 Å². The van der Waals surface area contributed by atoms with Gasteiger partial charge in [-0.2, -0.15) is 9.97 Å². The molecule has 1 fully saturated rings.